The van der Waals surface area contributed by atoms with Crippen LogP contribution in [0.4, 0.5) is 0 Å². The Hall–Kier alpha value is -2.50. The van der Waals surface area contributed by atoms with Crippen molar-refractivity contribution in [3.63, 3.8) is 0 Å². The minimum absolute atomic E-state index is 0.158. The van der Waals surface area contributed by atoms with Crippen LogP contribution < -0.4 is 0 Å². The molecule has 1 unspecified atom stereocenters. The molecule has 1 atom stereocenters. The van der Waals surface area contributed by atoms with Crippen LogP contribution in [0.5, 0.6) is 0 Å². The van der Waals surface area contributed by atoms with Crippen molar-refractivity contribution in [3.8, 4) is 11.5 Å². The van der Waals surface area contributed by atoms with Crippen molar-refractivity contribution in [1.82, 2.24) is 15.1 Å². The summed E-state index contributed by atoms with van der Waals surface area (Å²) >= 11 is 0. The molecule has 0 bridgehead atoms. The van der Waals surface area contributed by atoms with Gasteiger partial charge in [-0.05, 0) is 31.0 Å². The summed E-state index contributed by atoms with van der Waals surface area (Å²) in [6.45, 7) is 3.58. The van der Waals surface area contributed by atoms with Gasteiger partial charge in [0.2, 0.25) is 11.8 Å². The van der Waals surface area contributed by atoms with Crippen LogP contribution in [-0.4, -0.2) is 32.9 Å². The summed E-state index contributed by atoms with van der Waals surface area (Å²) in [5.74, 6) is 1.12. The quantitative estimate of drug-likeness (QED) is 0.681. The molecule has 1 N–H and O–H groups in total. The second-order valence-corrected chi connectivity index (χ2v) is 6.12. The Morgan fingerprint density at radius 3 is 2.32 bits per heavy atom. The van der Waals surface area contributed by atoms with E-state index in [9.17, 15) is 5.11 Å². The summed E-state index contributed by atoms with van der Waals surface area (Å²) in [5.41, 5.74) is 2.13. The van der Waals surface area contributed by atoms with Crippen molar-refractivity contribution in [2.45, 2.75) is 32.5 Å². The highest BCUT2D eigenvalue weighted by molar-refractivity contribution is 5.51. The van der Waals surface area contributed by atoms with Gasteiger partial charge in [0, 0.05) is 24.8 Å². The van der Waals surface area contributed by atoms with Crippen molar-refractivity contribution in [1.29, 1.82) is 0 Å². The fraction of sp³-hybridized carbons (Fsp3) is 0.300. The lowest BCUT2D eigenvalue weighted by Crippen LogP contribution is -2.33. The molecule has 0 saturated heterocycles. The Bertz CT molecular complexity index is 759. The lowest BCUT2D eigenvalue weighted by Gasteiger charge is -2.27. The van der Waals surface area contributed by atoms with Gasteiger partial charge < -0.3 is 9.52 Å². The van der Waals surface area contributed by atoms with E-state index in [4.69, 9.17) is 4.42 Å². The van der Waals surface area contributed by atoms with Gasteiger partial charge >= 0.3 is 0 Å². The highest BCUT2D eigenvalue weighted by Crippen LogP contribution is 2.19. The van der Waals surface area contributed by atoms with E-state index in [1.165, 1.54) is 5.56 Å². The molecular weight excluding hydrogens is 314 g/mol. The van der Waals surface area contributed by atoms with Crippen LogP contribution >= 0.6 is 0 Å². The molecule has 0 amide bonds. The van der Waals surface area contributed by atoms with Crippen LogP contribution in [0.25, 0.3) is 11.5 Å². The molecule has 0 radical (unpaired) electrons. The van der Waals surface area contributed by atoms with Crippen LogP contribution in [0.3, 0.4) is 0 Å². The Balaban J connectivity index is 1.74. The Kier molecular flexibility index (Phi) is 5.93. The first-order valence-corrected chi connectivity index (χ1v) is 8.53. The van der Waals surface area contributed by atoms with E-state index in [2.05, 4.69) is 34.2 Å². The van der Waals surface area contributed by atoms with Crippen molar-refractivity contribution < 1.29 is 9.52 Å². The normalized spacial score (nSPS) is 12.4. The summed E-state index contributed by atoms with van der Waals surface area (Å²) in [7, 11) is 0. The molecule has 130 valence electrons. The van der Waals surface area contributed by atoms with E-state index < -0.39 is 0 Å². The van der Waals surface area contributed by atoms with Crippen LogP contribution in [0.1, 0.15) is 24.8 Å². The number of hydrogen-bond donors (Lipinski definition) is 1. The number of rotatable bonds is 8. The predicted octanol–water partition coefficient (Wildman–Crippen LogP) is 3.51. The summed E-state index contributed by atoms with van der Waals surface area (Å²) in [6, 6.07) is 20.2. The Labute approximate surface area is 147 Å². The fourth-order valence-electron chi connectivity index (χ4n) is 2.74. The summed E-state index contributed by atoms with van der Waals surface area (Å²) in [6.07, 6.45) is 0.701. The highest BCUT2D eigenvalue weighted by atomic mass is 16.4. The van der Waals surface area contributed by atoms with E-state index in [0.717, 1.165) is 12.1 Å². The minimum atomic E-state index is 0.158. The molecule has 1 heterocycles. The molecule has 25 heavy (non-hydrogen) atoms. The van der Waals surface area contributed by atoms with E-state index >= 15 is 0 Å². The maximum absolute atomic E-state index is 9.29. The summed E-state index contributed by atoms with van der Waals surface area (Å²) in [5, 5.41) is 17.6. The van der Waals surface area contributed by atoms with E-state index in [1.54, 1.807) is 0 Å². The molecule has 0 spiro atoms. The van der Waals surface area contributed by atoms with Crippen molar-refractivity contribution in [2.75, 3.05) is 6.61 Å². The third-order valence-corrected chi connectivity index (χ3v) is 4.22. The van der Waals surface area contributed by atoms with E-state index in [-0.39, 0.29) is 12.6 Å². The Morgan fingerprint density at radius 1 is 0.960 bits per heavy atom. The van der Waals surface area contributed by atoms with Crippen LogP contribution in [0, 0.1) is 0 Å². The lowest BCUT2D eigenvalue weighted by molar-refractivity contribution is 0.142. The zero-order chi connectivity index (χ0) is 17.5. The Morgan fingerprint density at radius 2 is 1.64 bits per heavy atom. The standard InChI is InChI=1S/C20H23N3O2/c1-16(12-13-24)23(14-17-8-4-2-5-9-17)15-19-21-22-20(25-19)18-10-6-3-7-11-18/h2-11,16,24H,12-15H2,1H3. The van der Waals surface area contributed by atoms with Crippen LogP contribution in [0.2, 0.25) is 0 Å². The van der Waals surface area contributed by atoms with Gasteiger partial charge in [-0.3, -0.25) is 4.90 Å². The van der Waals surface area contributed by atoms with E-state index in [0.29, 0.717) is 24.7 Å². The van der Waals surface area contributed by atoms with Crippen molar-refractivity contribution in [2.24, 2.45) is 0 Å². The molecule has 5 nitrogen and oxygen atoms in total. The van der Waals surface area contributed by atoms with Gasteiger partial charge in [-0.15, -0.1) is 10.2 Å². The average Bonchev–Trinajstić information content (AvgIpc) is 3.12. The number of benzene rings is 2. The van der Waals surface area contributed by atoms with Gasteiger partial charge in [-0.25, -0.2) is 0 Å². The molecule has 5 heteroatoms. The van der Waals surface area contributed by atoms with Gasteiger partial charge in [0.05, 0.1) is 6.54 Å². The average molecular weight is 337 g/mol. The number of aromatic nitrogens is 2. The molecule has 0 aliphatic heterocycles. The van der Waals surface area contributed by atoms with Gasteiger partial charge in [-0.2, -0.15) is 0 Å². The molecule has 0 aliphatic carbocycles. The second-order valence-electron chi connectivity index (χ2n) is 6.12. The number of aliphatic hydroxyl groups excluding tert-OH is 1. The third kappa shape index (κ3) is 4.75. The summed E-state index contributed by atoms with van der Waals surface area (Å²) < 4.78 is 5.84. The van der Waals surface area contributed by atoms with E-state index in [1.807, 2.05) is 48.5 Å². The molecule has 0 fully saturated rings. The van der Waals surface area contributed by atoms with Crippen LogP contribution in [0.15, 0.2) is 65.1 Å². The maximum atomic E-state index is 9.29. The van der Waals surface area contributed by atoms with Gasteiger partial charge in [0.1, 0.15) is 0 Å². The lowest BCUT2D eigenvalue weighted by atomic mass is 10.1. The van der Waals surface area contributed by atoms with Crippen molar-refractivity contribution in [3.05, 3.63) is 72.1 Å². The molecular formula is C20H23N3O2. The largest absolute Gasteiger partial charge is 0.419 e. The zero-order valence-electron chi connectivity index (χ0n) is 14.4. The predicted molar refractivity (Wildman–Crippen MR) is 96.6 cm³/mol. The summed E-state index contributed by atoms with van der Waals surface area (Å²) in [4.78, 5) is 2.24. The highest BCUT2D eigenvalue weighted by Gasteiger charge is 2.18. The number of nitrogens with zero attached hydrogens (tertiary/aromatic N) is 3. The monoisotopic (exact) mass is 337 g/mol. The third-order valence-electron chi connectivity index (χ3n) is 4.22. The van der Waals surface area contributed by atoms with Gasteiger partial charge in [0.15, 0.2) is 0 Å². The zero-order valence-corrected chi connectivity index (χ0v) is 14.4. The molecule has 2 aromatic carbocycles. The molecule has 3 rings (SSSR count). The molecule has 1 aromatic heterocycles. The first-order chi connectivity index (χ1) is 12.3. The second kappa shape index (κ2) is 8.55. The minimum Gasteiger partial charge on any atom is -0.419 e. The first kappa shape index (κ1) is 17.3. The molecule has 3 aromatic rings. The molecule has 0 saturated carbocycles. The van der Waals surface area contributed by atoms with Crippen molar-refractivity contribution >= 4 is 0 Å². The van der Waals surface area contributed by atoms with Gasteiger partial charge in [-0.1, -0.05) is 48.5 Å². The first-order valence-electron chi connectivity index (χ1n) is 8.53. The topological polar surface area (TPSA) is 62.4 Å². The van der Waals surface area contributed by atoms with Crippen LogP contribution in [-0.2, 0) is 13.1 Å². The van der Waals surface area contributed by atoms with Gasteiger partial charge in [0.25, 0.3) is 0 Å². The number of aliphatic hydroxyl groups is 1. The SMILES string of the molecule is CC(CCO)N(Cc1ccccc1)Cc1nnc(-c2ccccc2)o1. The fourth-order valence-corrected chi connectivity index (χ4v) is 2.74. The molecule has 0 aliphatic rings. The smallest absolute Gasteiger partial charge is 0.247 e. The number of hydrogen-bond acceptors (Lipinski definition) is 5. The maximum Gasteiger partial charge on any atom is 0.247 e.